The molecular weight excluding hydrogens is 210 g/mol. The summed E-state index contributed by atoms with van der Waals surface area (Å²) in [6.45, 7) is 17.9. The van der Waals surface area contributed by atoms with E-state index < -0.39 is 8.24 Å². The minimum atomic E-state index is -1.36. The molecule has 16 heavy (non-hydrogen) atoms. The molecule has 0 aliphatic rings. The molecule has 1 N–H and O–H groups in total. The molecule has 0 aromatic carbocycles. The van der Waals surface area contributed by atoms with Crippen molar-refractivity contribution >= 4 is 8.24 Å². The summed E-state index contributed by atoms with van der Waals surface area (Å²) in [6.07, 6.45) is 3.98. The smallest absolute Gasteiger partial charge is 0.134 e. The van der Waals surface area contributed by atoms with E-state index in [-0.39, 0.29) is 0 Å². The van der Waals surface area contributed by atoms with Gasteiger partial charge in [-0.3, -0.25) is 0 Å². The zero-order valence-electron chi connectivity index (χ0n) is 12.6. The molecule has 0 amide bonds. The van der Waals surface area contributed by atoms with Gasteiger partial charge in [-0.1, -0.05) is 67.7 Å². The second kappa shape index (κ2) is 7.49. The maximum atomic E-state index is 3.99. The van der Waals surface area contributed by atoms with Crippen LogP contribution in [0.25, 0.3) is 0 Å². The molecule has 1 nitrogen and oxygen atoms in total. The normalized spacial score (nSPS) is 21.2. The molecule has 0 aromatic rings. The Kier molecular flexibility index (Phi) is 7.58. The highest BCUT2D eigenvalue weighted by Crippen LogP contribution is 2.44. The second-order valence-corrected chi connectivity index (χ2v) is 10.6. The fourth-order valence-electron chi connectivity index (χ4n) is 3.30. The lowest BCUT2D eigenvalue weighted by molar-refractivity contribution is 0.646. The third-order valence-corrected chi connectivity index (χ3v) is 11.8. The van der Waals surface area contributed by atoms with Gasteiger partial charge in [-0.15, -0.1) is 0 Å². The van der Waals surface area contributed by atoms with Crippen LogP contribution in [0.1, 0.15) is 67.7 Å². The summed E-state index contributed by atoms with van der Waals surface area (Å²) in [6, 6.07) is 0. The summed E-state index contributed by atoms with van der Waals surface area (Å²) < 4.78 is 0. The Morgan fingerprint density at radius 2 is 1.06 bits per heavy atom. The Balaban J connectivity index is 5.19. The topological polar surface area (TPSA) is 12.0 Å². The van der Waals surface area contributed by atoms with E-state index in [9.17, 15) is 0 Å². The van der Waals surface area contributed by atoms with Gasteiger partial charge >= 0.3 is 0 Å². The van der Waals surface area contributed by atoms with Crippen molar-refractivity contribution in [1.82, 2.24) is 4.98 Å². The third kappa shape index (κ3) is 3.10. The number of nitrogens with one attached hydrogen (secondary N) is 1. The average molecular weight is 244 g/mol. The van der Waals surface area contributed by atoms with Crippen molar-refractivity contribution in [3.63, 3.8) is 0 Å². The zero-order chi connectivity index (χ0) is 12.8. The van der Waals surface area contributed by atoms with Crippen LogP contribution in [0, 0.1) is 0 Å². The van der Waals surface area contributed by atoms with Crippen molar-refractivity contribution in [2.45, 2.75) is 84.4 Å². The molecule has 0 rings (SSSR count). The summed E-state index contributed by atoms with van der Waals surface area (Å²) >= 11 is 0. The van der Waals surface area contributed by atoms with Crippen molar-refractivity contribution in [3.05, 3.63) is 0 Å². The van der Waals surface area contributed by atoms with Gasteiger partial charge in [0, 0.05) is 0 Å². The first kappa shape index (κ1) is 16.2. The van der Waals surface area contributed by atoms with E-state index >= 15 is 0 Å². The van der Waals surface area contributed by atoms with Crippen LogP contribution in [-0.2, 0) is 0 Å². The van der Waals surface area contributed by atoms with Gasteiger partial charge in [-0.05, 0) is 23.2 Å². The van der Waals surface area contributed by atoms with Crippen LogP contribution in [0.3, 0.4) is 0 Å². The highest BCUT2D eigenvalue weighted by Gasteiger charge is 2.45. The number of rotatable bonds is 8. The maximum Gasteiger partial charge on any atom is 0.134 e. The lowest BCUT2D eigenvalue weighted by Gasteiger charge is -2.46. The predicted molar refractivity (Wildman–Crippen MR) is 78.6 cm³/mol. The minimum absolute atomic E-state index is 0.886. The van der Waals surface area contributed by atoms with Crippen molar-refractivity contribution in [1.29, 1.82) is 0 Å². The molecule has 0 aliphatic carbocycles. The fourth-order valence-corrected chi connectivity index (χ4v) is 9.90. The molecule has 2 heteroatoms. The summed E-state index contributed by atoms with van der Waals surface area (Å²) in [5.74, 6) is 0. The quantitative estimate of drug-likeness (QED) is 0.595. The molecule has 0 spiro atoms. The highest BCUT2D eigenvalue weighted by atomic mass is 28.3. The first-order chi connectivity index (χ1) is 7.50. The van der Waals surface area contributed by atoms with E-state index in [1.807, 2.05) is 0 Å². The predicted octanol–water partition coefficient (Wildman–Crippen LogP) is 4.94. The minimum Gasteiger partial charge on any atom is -0.337 e. The van der Waals surface area contributed by atoms with Crippen molar-refractivity contribution in [2.24, 2.45) is 0 Å². The number of hydrogen-bond acceptors (Lipinski definition) is 1. The van der Waals surface area contributed by atoms with E-state index in [2.05, 4.69) is 53.4 Å². The number of hydrogen-bond donors (Lipinski definition) is 1. The average Bonchev–Trinajstić information content (AvgIpc) is 2.32. The molecule has 0 aromatic heterocycles. The van der Waals surface area contributed by atoms with Gasteiger partial charge in [0.2, 0.25) is 0 Å². The lowest BCUT2D eigenvalue weighted by atomic mass is 10.3. The molecule has 0 saturated carbocycles. The van der Waals surface area contributed by atoms with Gasteiger partial charge in [0.25, 0.3) is 0 Å². The monoisotopic (exact) mass is 243 g/mol. The van der Waals surface area contributed by atoms with Crippen LogP contribution in [0.4, 0.5) is 0 Å². The zero-order valence-corrected chi connectivity index (χ0v) is 13.6. The molecule has 98 valence electrons. The molecule has 0 bridgehead atoms. The standard InChI is InChI=1S/C14H33NSi/c1-8-12(5)16(15-11-4,13(6)9-2)14(7)10-3/h12-15H,8-11H2,1-7H3. The summed E-state index contributed by atoms with van der Waals surface area (Å²) in [5.41, 5.74) is 2.66. The molecule has 3 unspecified atom stereocenters. The van der Waals surface area contributed by atoms with E-state index in [4.69, 9.17) is 0 Å². The molecule has 0 saturated heterocycles. The van der Waals surface area contributed by atoms with Crippen LogP contribution < -0.4 is 4.98 Å². The van der Waals surface area contributed by atoms with Gasteiger partial charge in [0.1, 0.15) is 8.24 Å². The highest BCUT2D eigenvalue weighted by molar-refractivity contribution is 6.81. The van der Waals surface area contributed by atoms with Crippen LogP contribution in [-0.4, -0.2) is 14.8 Å². The Morgan fingerprint density at radius 1 is 0.750 bits per heavy atom. The lowest BCUT2D eigenvalue weighted by Crippen LogP contribution is -2.59. The largest absolute Gasteiger partial charge is 0.337 e. The molecule has 3 atom stereocenters. The fraction of sp³-hybridized carbons (Fsp3) is 1.00. The molecular formula is C14H33NSi. The van der Waals surface area contributed by atoms with Gasteiger partial charge in [0.05, 0.1) is 0 Å². The molecule has 0 fully saturated rings. The second-order valence-electron chi connectivity index (χ2n) is 5.39. The third-order valence-electron chi connectivity index (χ3n) is 4.77. The van der Waals surface area contributed by atoms with Gasteiger partial charge in [0.15, 0.2) is 0 Å². The van der Waals surface area contributed by atoms with Crippen molar-refractivity contribution < 1.29 is 0 Å². The Bertz CT molecular complexity index is 155. The van der Waals surface area contributed by atoms with Crippen LogP contribution in [0.15, 0.2) is 0 Å². The SMILES string of the molecule is CCN[Si](C(C)CC)(C(C)CC)C(C)CC. The molecule has 0 aliphatic heterocycles. The Morgan fingerprint density at radius 3 is 1.25 bits per heavy atom. The molecule has 0 heterocycles. The van der Waals surface area contributed by atoms with Gasteiger partial charge in [-0.25, -0.2) is 0 Å². The van der Waals surface area contributed by atoms with Crippen LogP contribution in [0.2, 0.25) is 16.6 Å². The summed E-state index contributed by atoms with van der Waals surface area (Å²) in [7, 11) is -1.36. The van der Waals surface area contributed by atoms with E-state index in [1.54, 1.807) is 0 Å². The van der Waals surface area contributed by atoms with Crippen molar-refractivity contribution in [3.8, 4) is 0 Å². The van der Waals surface area contributed by atoms with Gasteiger partial charge in [-0.2, -0.15) is 0 Å². The van der Waals surface area contributed by atoms with E-state index in [0.29, 0.717) is 0 Å². The van der Waals surface area contributed by atoms with E-state index in [1.165, 1.54) is 19.3 Å². The summed E-state index contributed by atoms with van der Waals surface area (Å²) in [5, 5.41) is 0. The van der Waals surface area contributed by atoms with Crippen LogP contribution in [0.5, 0.6) is 0 Å². The van der Waals surface area contributed by atoms with Gasteiger partial charge < -0.3 is 4.98 Å². The van der Waals surface area contributed by atoms with Crippen LogP contribution >= 0.6 is 0 Å². The van der Waals surface area contributed by atoms with Crippen molar-refractivity contribution in [2.75, 3.05) is 6.54 Å². The first-order valence-electron chi connectivity index (χ1n) is 7.25. The van der Waals surface area contributed by atoms with E-state index in [0.717, 1.165) is 23.2 Å². The first-order valence-corrected chi connectivity index (χ1v) is 9.49. The summed E-state index contributed by atoms with van der Waals surface area (Å²) in [4.78, 5) is 3.99. The Hall–Kier alpha value is 0.177. The Labute approximate surface area is 104 Å². The maximum absolute atomic E-state index is 3.99. The molecule has 0 radical (unpaired) electrons.